The molecule has 0 atom stereocenters. The topological polar surface area (TPSA) is 22.1 Å². The van der Waals surface area contributed by atoms with Crippen molar-refractivity contribution in [3.05, 3.63) is 48.3 Å². The number of nitrogens with zero attached hydrogens (tertiary/aromatic N) is 1. The minimum atomic E-state index is -4.32. The lowest BCUT2D eigenvalue weighted by atomic mass is 10.1. The fraction of sp³-hybridized carbons (Fsp3) is 0.214. The van der Waals surface area contributed by atoms with Crippen molar-refractivity contribution in [1.82, 2.24) is 4.98 Å². The summed E-state index contributed by atoms with van der Waals surface area (Å²) in [6, 6.07) is 10.2. The molecule has 1 heterocycles. The summed E-state index contributed by atoms with van der Waals surface area (Å²) in [6.07, 6.45) is -2.60. The van der Waals surface area contributed by atoms with E-state index in [1.807, 2.05) is 19.1 Å². The first-order valence-electron chi connectivity index (χ1n) is 5.67. The maximum absolute atomic E-state index is 12.0. The average Bonchev–Trinajstić information content (AvgIpc) is 2.37. The Kier molecular flexibility index (Phi) is 3.74. The molecule has 0 unspecified atom stereocenters. The van der Waals surface area contributed by atoms with Crippen LogP contribution in [0.5, 0.6) is 5.75 Å². The minimum absolute atomic E-state index is 0.196. The van der Waals surface area contributed by atoms with E-state index < -0.39 is 12.8 Å². The van der Waals surface area contributed by atoms with Gasteiger partial charge in [-0.2, -0.15) is 13.2 Å². The Morgan fingerprint density at radius 2 is 1.63 bits per heavy atom. The number of aryl methyl sites for hydroxylation is 1. The van der Waals surface area contributed by atoms with Crippen LogP contribution in [0.4, 0.5) is 13.2 Å². The number of alkyl halides is 3. The predicted molar refractivity (Wildman–Crippen MR) is 66.0 cm³/mol. The van der Waals surface area contributed by atoms with E-state index >= 15 is 0 Å². The molecule has 0 aliphatic carbocycles. The van der Waals surface area contributed by atoms with Crippen LogP contribution in [-0.4, -0.2) is 17.8 Å². The van der Waals surface area contributed by atoms with Gasteiger partial charge in [-0.3, -0.25) is 4.98 Å². The summed E-state index contributed by atoms with van der Waals surface area (Å²) in [5.74, 6) is 0.196. The third-order valence-corrected chi connectivity index (χ3v) is 2.50. The van der Waals surface area contributed by atoms with Gasteiger partial charge in [-0.15, -0.1) is 0 Å². The van der Waals surface area contributed by atoms with Crippen molar-refractivity contribution in [3.8, 4) is 16.9 Å². The van der Waals surface area contributed by atoms with Gasteiger partial charge in [-0.1, -0.05) is 18.2 Å². The molecule has 0 aliphatic rings. The van der Waals surface area contributed by atoms with Gasteiger partial charge in [0, 0.05) is 17.5 Å². The number of ether oxygens (including phenoxy) is 1. The van der Waals surface area contributed by atoms with Gasteiger partial charge in [-0.25, -0.2) is 0 Å². The smallest absolute Gasteiger partial charge is 0.422 e. The van der Waals surface area contributed by atoms with E-state index in [4.69, 9.17) is 0 Å². The first kappa shape index (κ1) is 13.4. The normalized spacial score (nSPS) is 11.4. The summed E-state index contributed by atoms with van der Waals surface area (Å²) >= 11 is 0. The third kappa shape index (κ3) is 3.98. The molecule has 5 heteroatoms. The maximum Gasteiger partial charge on any atom is 0.422 e. The van der Waals surface area contributed by atoms with Crippen LogP contribution in [-0.2, 0) is 0 Å². The Bertz CT molecular complexity index is 532. The van der Waals surface area contributed by atoms with E-state index in [0.29, 0.717) is 0 Å². The summed E-state index contributed by atoms with van der Waals surface area (Å²) in [6.45, 7) is 0.607. The summed E-state index contributed by atoms with van der Waals surface area (Å²) in [5.41, 5.74) is 2.70. The summed E-state index contributed by atoms with van der Waals surface area (Å²) in [7, 11) is 0. The van der Waals surface area contributed by atoms with E-state index in [1.54, 1.807) is 18.3 Å². The second-order valence-electron chi connectivity index (χ2n) is 4.12. The van der Waals surface area contributed by atoms with E-state index in [2.05, 4.69) is 9.72 Å². The Labute approximate surface area is 108 Å². The van der Waals surface area contributed by atoms with Crippen LogP contribution in [0.1, 0.15) is 5.69 Å². The zero-order chi connectivity index (χ0) is 13.9. The number of pyridine rings is 1. The molecule has 2 rings (SSSR count). The molecular weight excluding hydrogens is 255 g/mol. The standard InChI is InChI=1S/C14H12F3NO/c1-10-2-3-12(8-18-10)11-4-6-13(7-5-11)19-9-14(15,16)17/h2-8H,9H2,1H3. The average molecular weight is 267 g/mol. The van der Waals surface area contributed by atoms with E-state index in [9.17, 15) is 13.2 Å². The monoisotopic (exact) mass is 267 g/mol. The molecule has 0 spiro atoms. The van der Waals surface area contributed by atoms with Gasteiger partial charge in [0.05, 0.1) is 0 Å². The van der Waals surface area contributed by atoms with Crippen molar-refractivity contribution in [3.63, 3.8) is 0 Å². The number of halogens is 3. The van der Waals surface area contributed by atoms with Crippen molar-refractivity contribution in [2.24, 2.45) is 0 Å². The van der Waals surface area contributed by atoms with Gasteiger partial charge in [0.1, 0.15) is 5.75 Å². The minimum Gasteiger partial charge on any atom is -0.484 e. The van der Waals surface area contributed by atoms with Crippen molar-refractivity contribution >= 4 is 0 Å². The molecule has 2 nitrogen and oxygen atoms in total. The molecule has 100 valence electrons. The molecule has 0 saturated heterocycles. The number of hydrogen-bond donors (Lipinski definition) is 0. The highest BCUT2D eigenvalue weighted by Crippen LogP contribution is 2.23. The molecule has 0 aliphatic heterocycles. The summed E-state index contributed by atoms with van der Waals surface area (Å²) < 4.78 is 40.6. The highest BCUT2D eigenvalue weighted by molar-refractivity contribution is 5.63. The van der Waals surface area contributed by atoms with Gasteiger partial charge in [0.2, 0.25) is 0 Å². The van der Waals surface area contributed by atoms with Crippen LogP contribution in [0.25, 0.3) is 11.1 Å². The van der Waals surface area contributed by atoms with Gasteiger partial charge in [0.15, 0.2) is 6.61 Å². The van der Waals surface area contributed by atoms with Crippen LogP contribution >= 0.6 is 0 Å². The van der Waals surface area contributed by atoms with Crippen LogP contribution in [0.2, 0.25) is 0 Å². The lowest BCUT2D eigenvalue weighted by Gasteiger charge is -2.09. The summed E-state index contributed by atoms with van der Waals surface area (Å²) in [4.78, 5) is 4.17. The van der Waals surface area contributed by atoms with E-state index in [0.717, 1.165) is 16.8 Å². The van der Waals surface area contributed by atoms with Gasteiger partial charge >= 0.3 is 6.18 Å². The maximum atomic E-state index is 12.0. The molecule has 0 radical (unpaired) electrons. The van der Waals surface area contributed by atoms with Crippen LogP contribution in [0.15, 0.2) is 42.6 Å². The Morgan fingerprint density at radius 3 is 2.16 bits per heavy atom. The Morgan fingerprint density at radius 1 is 1.00 bits per heavy atom. The SMILES string of the molecule is Cc1ccc(-c2ccc(OCC(F)(F)F)cc2)cn1. The second kappa shape index (κ2) is 5.30. The number of benzene rings is 1. The number of rotatable bonds is 3. The molecule has 19 heavy (non-hydrogen) atoms. The molecule has 0 saturated carbocycles. The highest BCUT2D eigenvalue weighted by atomic mass is 19.4. The van der Waals surface area contributed by atoms with E-state index in [-0.39, 0.29) is 5.75 Å². The quantitative estimate of drug-likeness (QED) is 0.838. The molecule has 1 aromatic heterocycles. The first-order valence-corrected chi connectivity index (χ1v) is 5.67. The zero-order valence-electron chi connectivity index (χ0n) is 10.2. The molecule has 1 aromatic carbocycles. The van der Waals surface area contributed by atoms with Gasteiger partial charge in [-0.05, 0) is 30.7 Å². The predicted octanol–water partition coefficient (Wildman–Crippen LogP) is 4.00. The van der Waals surface area contributed by atoms with Crippen LogP contribution in [0.3, 0.4) is 0 Å². The first-order chi connectivity index (χ1) is 8.94. The molecule has 0 amide bonds. The van der Waals surface area contributed by atoms with Crippen molar-refractivity contribution in [2.75, 3.05) is 6.61 Å². The van der Waals surface area contributed by atoms with Crippen LogP contribution in [0, 0.1) is 6.92 Å². The lowest BCUT2D eigenvalue weighted by Crippen LogP contribution is -2.19. The number of hydrogen-bond acceptors (Lipinski definition) is 2. The van der Waals surface area contributed by atoms with Crippen LogP contribution < -0.4 is 4.74 Å². The Hall–Kier alpha value is -2.04. The van der Waals surface area contributed by atoms with Gasteiger partial charge in [0.25, 0.3) is 0 Å². The zero-order valence-corrected chi connectivity index (χ0v) is 10.2. The van der Waals surface area contributed by atoms with Gasteiger partial charge < -0.3 is 4.74 Å². The molecule has 0 bridgehead atoms. The fourth-order valence-corrected chi connectivity index (χ4v) is 1.55. The lowest BCUT2D eigenvalue weighted by molar-refractivity contribution is -0.153. The molecule has 2 aromatic rings. The largest absolute Gasteiger partial charge is 0.484 e. The molecule has 0 fully saturated rings. The summed E-state index contributed by atoms with van der Waals surface area (Å²) in [5, 5.41) is 0. The third-order valence-electron chi connectivity index (χ3n) is 2.50. The van der Waals surface area contributed by atoms with Crippen molar-refractivity contribution < 1.29 is 17.9 Å². The highest BCUT2D eigenvalue weighted by Gasteiger charge is 2.28. The van der Waals surface area contributed by atoms with E-state index in [1.165, 1.54) is 12.1 Å². The number of aromatic nitrogens is 1. The Balaban J connectivity index is 2.08. The molecule has 0 N–H and O–H groups in total. The second-order valence-corrected chi connectivity index (χ2v) is 4.12. The van der Waals surface area contributed by atoms with Crippen molar-refractivity contribution in [1.29, 1.82) is 0 Å². The fourth-order valence-electron chi connectivity index (χ4n) is 1.55. The van der Waals surface area contributed by atoms with Crippen molar-refractivity contribution in [2.45, 2.75) is 13.1 Å². The molecular formula is C14H12F3NO.